The Morgan fingerprint density at radius 2 is 1.81 bits per heavy atom. The molecule has 0 bridgehead atoms. The second kappa shape index (κ2) is 6.94. The van der Waals surface area contributed by atoms with Gasteiger partial charge in [0.25, 0.3) is 0 Å². The highest BCUT2D eigenvalue weighted by atomic mass is 19.4. The molecular formula is C19H17F3N2O3. The fourth-order valence-corrected chi connectivity index (χ4v) is 2.87. The van der Waals surface area contributed by atoms with Gasteiger partial charge in [-0.25, -0.2) is 4.79 Å². The van der Waals surface area contributed by atoms with Gasteiger partial charge in [0.2, 0.25) is 5.91 Å². The van der Waals surface area contributed by atoms with E-state index in [4.69, 9.17) is 4.42 Å². The predicted molar refractivity (Wildman–Crippen MR) is 93.2 cm³/mol. The van der Waals surface area contributed by atoms with E-state index in [1.54, 1.807) is 31.2 Å². The van der Waals surface area contributed by atoms with Crippen LogP contribution < -0.4 is 11.1 Å². The smallest absolute Gasteiger partial charge is 0.408 e. The van der Waals surface area contributed by atoms with E-state index in [9.17, 15) is 22.8 Å². The highest BCUT2D eigenvalue weighted by Crippen LogP contribution is 2.30. The van der Waals surface area contributed by atoms with Crippen LogP contribution in [0.2, 0.25) is 0 Å². The molecule has 142 valence electrons. The van der Waals surface area contributed by atoms with Crippen molar-refractivity contribution >= 4 is 17.0 Å². The van der Waals surface area contributed by atoms with E-state index in [-0.39, 0.29) is 0 Å². The number of halogens is 3. The Labute approximate surface area is 152 Å². The SMILES string of the molecule is C[C@@H](NC(=O)[C@H](C)n1c(=O)oc2ccccc21)c1cccc(C(F)(F)F)c1. The highest BCUT2D eigenvalue weighted by molar-refractivity contribution is 5.83. The summed E-state index contributed by atoms with van der Waals surface area (Å²) >= 11 is 0. The summed E-state index contributed by atoms with van der Waals surface area (Å²) in [7, 11) is 0. The maximum atomic E-state index is 12.9. The number of hydrogen-bond donors (Lipinski definition) is 1. The molecule has 0 fully saturated rings. The molecule has 27 heavy (non-hydrogen) atoms. The molecule has 0 aliphatic heterocycles. The summed E-state index contributed by atoms with van der Waals surface area (Å²) in [6.45, 7) is 3.11. The van der Waals surface area contributed by atoms with Crippen LogP contribution in [0.3, 0.4) is 0 Å². The molecular weight excluding hydrogens is 361 g/mol. The van der Waals surface area contributed by atoms with Crippen molar-refractivity contribution in [2.75, 3.05) is 0 Å². The minimum absolute atomic E-state index is 0.315. The molecule has 0 saturated heterocycles. The molecule has 0 unspecified atom stereocenters. The van der Waals surface area contributed by atoms with Crippen LogP contribution in [-0.2, 0) is 11.0 Å². The highest BCUT2D eigenvalue weighted by Gasteiger charge is 2.31. The van der Waals surface area contributed by atoms with Crippen molar-refractivity contribution in [3.05, 3.63) is 70.2 Å². The minimum Gasteiger partial charge on any atom is -0.408 e. The van der Waals surface area contributed by atoms with Crippen molar-refractivity contribution in [2.24, 2.45) is 0 Å². The van der Waals surface area contributed by atoms with Gasteiger partial charge in [-0.1, -0.05) is 24.3 Å². The molecule has 0 saturated carbocycles. The van der Waals surface area contributed by atoms with E-state index in [2.05, 4.69) is 5.32 Å². The molecule has 1 amide bonds. The second-order valence-corrected chi connectivity index (χ2v) is 6.24. The Morgan fingerprint density at radius 1 is 1.11 bits per heavy atom. The molecule has 2 atom stereocenters. The van der Waals surface area contributed by atoms with Crippen molar-refractivity contribution in [3.8, 4) is 0 Å². The third-order valence-corrected chi connectivity index (χ3v) is 4.36. The fourth-order valence-electron chi connectivity index (χ4n) is 2.87. The summed E-state index contributed by atoms with van der Waals surface area (Å²) < 4.78 is 44.9. The summed E-state index contributed by atoms with van der Waals surface area (Å²) in [5.74, 6) is -1.18. The van der Waals surface area contributed by atoms with Crippen LogP contribution in [0, 0.1) is 0 Å². The van der Waals surface area contributed by atoms with Crippen LogP contribution in [0.25, 0.3) is 11.1 Å². The van der Waals surface area contributed by atoms with E-state index >= 15 is 0 Å². The number of para-hydroxylation sites is 2. The molecule has 8 heteroatoms. The van der Waals surface area contributed by atoms with Gasteiger partial charge in [0, 0.05) is 0 Å². The van der Waals surface area contributed by atoms with Crippen molar-refractivity contribution < 1.29 is 22.4 Å². The first-order valence-electron chi connectivity index (χ1n) is 8.26. The largest absolute Gasteiger partial charge is 0.420 e. The number of benzene rings is 2. The van der Waals surface area contributed by atoms with Crippen LogP contribution in [0.1, 0.15) is 37.1 Å². The van der Waals surface area contributed by atoms with Gasteiger partial charge >= 0.3 is 11.9 Å². The molecule has 0 spiro atoms. The summed E-state index contributed by atoms with van der Waals surface area (Å²) in [6, 6.07) is 9.88. The van der Waals surface area contributed by atoms with Gasteiger partial charge in [0.05, 0.1) is 17.1 Å². The van der Waals surface area contributed by atoms with Gasteiger partial charge in [0.1, 0.15) is 6.04 Å². The van der Waals surface area contributed by atoms with E-state index in [1.807, 2.05) is 0 Å². The predicted octanol–water partition coefficient (Wildman–Crippen LogP) is 4.05. The Morgan fingerprint density at radius 3 is 2.52 bits per heavy atom. The molecule has 1 N–H and O–H groups in total. The van der Waals surface area contributed by atoms with Crippen LogP contribution >= 0.6 is 0 Å². The van der Waals surface area contributed by atoms with E-state index < -0.39 is 35.5 Å². The fraction of sp³-hybridized carbons (Fsp3) is 0.263. The zero-order valence-corrected chi connectivity index (χ0v) is 14.6. The van der Waals surface area contributed by atoms with E-state index in [1.165, 1.54) is 23.6 Å². The van der Waals surface area contributed by atoms with Crippen LogP contribution in [-0.4, -0.2) is 10.5 Å². The van der Waals surface area contributed by atoms with Crippen molar-refractivity contribution in [3.63, 3.8) is 0 Å². The van der Waals surface area contributed by atoms with Crippen LogP contribution in [0.4, 0.5) is 13.2 Å². The second-order valence-electron chi connectivity index (χ2n) is 6.24. The average Bonchev–Trinajstić information content (AvgIpc) is 2.96. The third-order valence-electron chi connectivity index (χ3n) is 4.36. The maximum Gasteiger partial charge on any atom is 0.420 e. The first kappa shape index (κ1) is 18.8. The number of carbonyl (C=O) groups is 1. The zero-order valence-electron chi connectivity index (χ0n) is 14.6. The van der Waals surface area contributed by atoms with Gasteiger partial charge in [-0.05, 0) is 43.7 Å². The van der Waals surface area contributed by atoms with Crippen molar-refractivity contribution in [1.82, 2.24) is 9.88 Å². The summed E-state index contributed by atoms with van der Waals surface area (Å²) in [5, 5.41) is 2.65. The van der Waals surface area contributed by atoms with Gasteiger partial charge in [-0.15, -0.1) is 0 Å². The summed E-state index contributed by atoms with van der Waals surface area (Å²) in [4.78, 5) is 24.7. The lowest BCUT2D eigenvalue weighted by atomic mass is 10.0. The number of amides is 1. The van der Waals surface area contributed by atoms with E-state index in [0.29, 0.717) is 16.7 Å². The molecule has 3 rings (SSSR count). The van der Waals surface area contributed by atoms with E-state index in [0.717, 1.165) is 12.1 Å². The lowest BCUT2D eigenvalue weighted by Crippen LogP contribution is -2.35. The lowest BCUT2D eigenvalue weighted by Gasteiger charge is -2.19. The zero-order chi connectivity index (χ0) is 19.8. The standard InChI is InChI=1S/C19H17F3N2O3/c1-11(13-6-5-7-14(10-13)19(20,21)22)23-17(25)12(2)24-15-8-3-4-9-16(15)27-18(24)26/h3-12H,1-2H3,(H,23,25)/t11-,12+/m1/s1. The molecule has 0 aliphatic carbocycles. The maximum absolute atomic E-state index is 12.9. The van der Waals surface area contributed by atoms with Crippen molar-refractivity contribution in [1.29, 1.82) is 0 Å². The Bertz CT molecular complexity index is 1040. The Balaban J connectivity index is 1.82. The van der Waals surface area contributed by atoms with Gasteiger partial charge in [-0.3, -0.25) is 9.36 Å². The molecule has 3 aromatic rings. The number of aromatic nitrogens is 1. The molecule has 1 aromatic heterocycles. The van der Waals surface area contributed by atoms with Crippen molar-refractivity contribution in [2.45, 2.75) is 32.1 Å². The molecule has 5 nitrogen and oxygen atoms in total. The average molecular weight is 378 g/mol. The Kier molecular flexibility index (Phi) is 4.82. The lowest BCUT2D eigenvalue weighted by molar-refractivity contribution is -0.137. The Hall–Kier alpha value is -3.03. The normalized spacial score (nSPS) is 14.1. The third kappa shape index (κ3) is 3.74. The number of hydrogen-bond acceptors (Lipinski definition) is 3. The number of nitrogens with zero attached hydrogens (tertiary/aromatic N) is 1. The number of nitrogens with one attached hydrogen (secondary N) is 1. The van der Waals surface area contributed by atoms with Gasteiger partial charge < -0.3 is 9.73 Å². The first-order valence-corrected chi connectivity index (χ1v) is 8.26. The number of rotatable bonds is 4. The summed E-state index contributed by atoms with van der Waals surface area (Å²) in [5.41, 5.74) is 0.353. The number of fused-ring (bicyclic) bond motifs is 1. The molecule has 1 heterocycles. The molecule has 0 radical (unpaired) electrons. The van der Waals surface area contributed by atoms with Crippen LogP contribution in [0.5, 0.6) is 0 Å². The van der Waals surface area contributed by atoms with Gasteiger partial charge in [-0.2, -0.15) is 13.2 Å². The quantitative estimate of drug-likeness (QED) is 0.745. The molecule has 0 aliphatic rings. The number of alkyl halides is 3. The van der Waals surface area contributed by atoms with Crippen LogP contribution in [0.15, 0.2) is 57.7 Å². The summed E-state index contributed by atoms with van der Waals surface area (Å²) in [6.07, 6.45) is -4.46. The number of carbonyl (C=O) groups excluding carboxylic acids is 1. The first-order chi connectivity index (χ1) is 12.7. The van der Waals surface area contributed by atoms with Gasteiger partial charge in [0.15, 0.2) is 5.58 Å². The topological polar surface area (TPSA) is 64.2 Å². The monoisotopic (exact) mass is 378 g/mol. The molecule has 2 aromatic carbocycles. The number of oxazole rings is 1. The minimum atomic E-state index is -4.46.